The van der Waals surface area contributed by atoms with Crippen LogP contribution in [0.5, 0.6) is 5.75 Å². The first-order chi connectivity index (χ1) is 9.89. The SMILES string of the molecule is Cn1nccc1C(Cc1ccc(OC(F)(F)F)cc1)NN. The molecule has 1 unspecified atom stereocenters. The fraction of sp³-hybridized carbons (Fsp3) is 0.308. The molecule has 1 heterocycles. The number of nitrogens with zero attached hydrogens (tertiary/aromatic N) is 2. The van der Waals surface area contributed by atoms with E-state index in [4.69, 9.17) is 5.84 Å². The van der Waals surface area contributed by atoms with Crippen molar-refractivity contribution in [3.05, 3.63) is 47.8 Å². The molecular formula is C13H15F3N4O. The van der Waals surface area contributed by atoms with E-state index in [1.54, 1.807) is 30.1 Å². The lowest BCUT2D eigenvalue weighted by Gasteiger charge is -2.16. The average molecular weight is 300 g/mol. The number of hydrazine groups is 1. The molecule has 0 bridgehead atoms. The third-order valence-corrected chi connectivity index (χ3v) is 3.01. The van der Waals surface area contributed by atoms with Gasteiger partial charge in [0.1, 0.15) is 5.75 Å². The molecule has 8 heteroatoms. The maximum absolute atomic E-state index is 12.1. The number of alkyl halides is 3. The van der Waals surface area contributed by atoms with Crippen LogP contribution in [0.15, 0.2) is 36.5 Å². The van der Waals surface area contributed by atoms with Crippen molar-refractivity contribution in [3.63, 3.8) is 0 Å². The Bertz CT molecular complexity index is 580. The summed E-state index contributed by atoms with van der Waals surface area (Å²) in [5, 5.41) is 4.06. The van der Waals surface area contributed by atoms with Crippen LogP contribution in [0.4, 0.5) is 13.2 Å². The Kier molecular flexibility index (Phi) is 4.49. The predicted molar refractivity (Wildman–Crippen MR) is 70.1 cm³/mol. The second kappa shape index (κ2) is 6.15. The van der Waals surface area contributed by atoms with Gasteiger partial charge in [-0.05, 0) is 30.2 Å². The molecule has 0 aliphatic heterocycles. The lowest BCUT2D eigenvalue weighted by atomic mass is 10.0. The minimum absolute atomic E-state index is 0.188. The summed E-state index contributed by atoms with van der Waals surface area (Å²) in [7, 11) is 1.79. The summed E-state index contributed by atoms with van der Waals surface area (Å²) >= 11 is 0. The number of aryl methyl sites for hydroxylation is 1. The summed E-state index contributed by atoms with van der Waals surface area (Å²) in [5.41, 5.74) is 4.38. The summed E-state index contributed by atoms with van der Waals surface area (Å²) in [4.78, 5) is 0. The van der Waals surface area contributed by atoms with Gasteiger partial charge in [0.2, 0.25) is 0 Å². The zero-order valence-electron chi connectivity index (χ0n) is 11.3. The number of hydrogen-bond donors (Lipinski definition) is 2. The lowest BCUT2D eigenvalue weighted by Crippen LogP contribution is -2.31. The molecule has 0 aliphatic carbocycles. The van der Waals surface area contributed by atoms with Gasteiger partial charge in [0.25, 0.3) is 0 Å². The first-order valence-corrected chi connectivity index (χ1v) is 6.18. The van der Waals surface area contributed by atoms with E-state index in [-0.39, 0.29) is 11.8 Å². The van der Waals surface area contributed by atoms with Crippen molar-refractivity contribution in [2.45, 2.75) is 18.8 Å². The topological polar surface area (TPSA) is 65.1 Å². The van der Waals surface area contributed by atoms with Gasteiger partial charge in [-0.1, -0.05) is 12.1 Å². The third-order valence-electron chi connectivity index (χ3n) is 3.01. The van der Waals surface area contributed by atoms with E-state index in [1.165, 1.54) is 12.1 Å². The molecule has 1 aromatic heterocycles. The molecule has 3 N–H and O–H groups in total. The molecule has 0 spiro atoms. The smallest absolute Gasteiger partial charge is 0.406 e. The molecule has 0 aliphatic rings. The molecule has 0 radical (unpaired) electrons. The van der Waals surface area contributed by atoms with Crippen LogP contribution in [0.3, 0.4) is 0 Å². The van der Waals surface area contributed by atoms with Crippen LogP contribution in [-0.4, -0.2) is 16.1 Å². The van der Waals surface area contributed by atoms with Crippen molar-refractivity contribution in [2.24, 2.45) is 12.9 Å². The monoisotopic (exact) mass is 300 g/mol. The quantitative estimate of drug-likeness (QED) is 0.655. The van der Waals surface area contributed by atoms with E-state index in [1.807, 2.05) is 6.07 Å². The van der Waals surface area contributed by atoms with Crippen LogP contribution in [-0.2, 0) is 13.5 Å². The first kappa shape index (κ1) is 15.3. The van der Waals surface area contributed by atoms with E-state index >= 15 is 0 Å². The Labute approximate surface area is 119 Å². The number of nitrogens with two attached hydrogens (primary N) is 1. The van der Waals surface area contributed by atoms with Gasteiger partial charge < -0.3 is 4.74 Å². The molecule has 114 valence electrons. The Hall–Kier alpha value is -2.06. The van der Waals surface area contributed by atoms with Gasteiger partial charge >= 0.3 is 6.36 Å². The normalized spacial score (nSPS) is 13.2. The fourth-order valence-corrected chi connectivity index (χ4v) is 2.04. The second-order valence-corrected chi connectivity index (χ2v) is 4.49. The number of aromatic nitrogens is 2. The number of rotatable bonds is 5. The van der Waals surface area contributed by atoms with Gasteiger partial charge in [-0.2, -0.15) is 5.10 Å². The van der Waals surface area contributed by atoms with Gasteiger partial charge in [-0.3, -0.25) is 16.0 Å². The summed E-state index contributed by atoms with van der Waals surface area (Å²) < 4.78 is 41.7. The van der Waals surface area contributed by atoms with Crippen molar-refractivity contribution in [3.8, 4) is 5.75 Å². The van der Waals surface area contributed by atoms with Crippen LogP contribution in [0.1, 0.15) is 17.3 Å². The Morgan fingerprint density at radius 2 is 1.95 bits per heavy atom. The molecule has 1 aromatic carbocycles. The van der Waals surface area contributed by atoms with Crippen molar-refractivity contribution < 1.29 is 17.9 Å². The van der Waals surface area contributed by atoms with Crippen molar-refractivity contribution in [1.29, 1.82) is 0 Å². The van der Waals surface area contributed by atoms with E-state index in [0.717, 1.165) is 11.3 Å². The van der Waals surface area contributed by atoms with Gasteiger partial charge in [0, 0.05) is 13.2 Å². The third kappa shape index (κ3) is 4.20. The Balaban J connectivity index is 2.07. The summed E-state index contributed by atoms with van der Waals surface area (Å²) in [6.07, 6.45) is -2.51. The maximum Gasteiger partial charge on any atom is 0.573 e. The molecule has 0 fully saturated rings. The number of ether oxygens (including phenoxy) is 1. The fourth-order valence-electron chi connectivity index (χ4n) is 2.04. The highest BCUT2D eigenvalue weighted by Gasteiger charge is 2.31. The van der Waals surface area contributed by atoms with Crippen LogP contribution < -0.4 is 16.0 Å². The molecule has 2 rings (SSSR count). The summed E-state index contributed by atoms with van der Waals surface area (Å²) in [6.45, 7) is 0. The van der Waals surface area contributed by atoms with Crippen LogP contribution >= 0.6 is 0 Å². The molecule has 5 nitrogen and oxygen atoms in total. The molecule has 0 saturated heterocycles. The minimum atomic E-state index is -4.68. The minimum Gasteiger partial charge on any atom is -0.406 e. The highest BCUT2D eigenvalue weighted by atomic mass is 19.4. The average Bonchev–Trinajstić information content (AvgIpc) is 2.82. The van der Waals surface area contributed by atoms with E-state index < -0.39 is 6.36 Å². The standard InChI is InChI=1S/C13H15F3N4O/c1-20-12(6-7-18-20)11(19-17)8-9-2-4-10(5-3-9)21-13(14,15)16/h2-7,11,19H,8,17H2,1H3. The lowest BCUT2D eigenvalue weighted by molar-refractivity contribution is -0.274. The number of nitrogens with one attached hydrogen (secondary N) is 1. The van der Waals surface area contributed by atoms with E-state index in [2.05, 4.69) is 15.3 Å². The highest BCUT2D eigenvalue weighted by molar-refractivity contribution is 5.28. The number of halogens is 3. The molecular weight excluding hydrogens is 285 g/mol. The van der Waals surface area contributed by atoms with Crippen LogP contribution in [0.2, 0.25) is 0 Å². The van der Waals surface area contributed by atoms with E-state index in [9.17, 15) is 13.2 Å². The summed E-state index contributed by atoms with van der Waals surface area (Å²) in [6, 6.07) is 7.33. The molecule has 0 saturated carbocycles. The van der Waals surface area contributed by atoms with Crippen LogP contribution in [0, 0.1) is 0 Å². The van der Waals surface area contributed by atoms with Crippen molar-refractivity contribution >= 4 is 0 Å². The van der Waals surface area contributed by atoms with Gasteiger partial charge in [-0.15, -0.1) is 13.2 Å². The largest absolute Gasteiger partial charge is 0.573 e. The van der Waals surface area contributed by atoms with Gasteiger partial charge in [0.05, 0.1) is 11.7 Å². The van der Waals surface area contributed by atoms with E-state index in [0.29, 0.717) is 6.42 Å². The zero-order chi connectivity index (χ0) is 15.5. The highest BCUT2D eigenvalue weighted by Crippen LogP contribution is 2.24. The number of hydrogen-bond acceptors (Lipinski definition) is 4. The first-order valence-electron chi connectivity index (χ1n) is 6.18. The predicted octanol–water partition coefficient (Wildman–Crippen LogP) is 2.07. The van der Waals surface area contributed by atoms with Gasteiger partial charge in [-0.25, -0.2) is 0 Å². The van der Waals surface area contributed by atoms with Crippen molar-refractivity contribution in [2.75, 3.05) is 0 Å². The molecule has 2 aromatic rings. The zero-order valence-corrected chi connectivity index (χ0v) is 11.3. The number of benzene rings is 1. The maximum atomic E-state index is 12.1. The summed E-state index contributed by atoms with van der Waals surface area (Å²) in [5.74, 6) is 5.28. The Morgan fingerprint density at radius 1 is 1.29 bits per heavy atom. The van der Waals surface area contributed by atoms with Gasteiger partial charge in [0.15, 0.2) is 0 Å². The Morgan fingerprint density at radius 3 is 2.43 bits per heavy atom. The molecule has 1 atom stereocenters. The molecule has 21 heavy (non-hydrogen) atoms. The molecule has 0 amide bonds. The van der Waals surface area contributed by atoms with Crippen LogP contribution in [0.25, 0.3) is 0 Å². The van der Waals surface area contributed by atoms with Crippen molar-refractivity contribution in [1.82, 2.24) is 15.2 Å². The second-order valence-electron chi connectivity index (χ2n) is 4.49.